The predicted molar refractivity (Wildman–Crippen MR) is 84.4 cm³/mol. The van der Waals surface area contributed by atoms with Gasteiger partial charge in [0.05, 0.1) is 18.7 Å². The summed E-state index contributed by atoms with van der Waals surface area (Å²) in [5.74, 6) is 2.73. The van der Waals surface area contributed by atoms with Crippen molar-refractivity contribution in [2.75, 3.05) is 44.2 Å². The molecule has 1 aliphatic heterocycles. The highest BCUT2D eigenvalue weighted by Gasteiger charge is 2.31. The Hall–Kier alpha value is -2.27. The first-order chi connectivity index (χ1) is 11.4. The van der Waals surface area contributed by atoms with Gasteiger partial charge in [-0.1, -0.05) is 5.92 Å². The molecule has 0 saturated carbocycles. The van der Waals surface area contributed by atoms with Gasteiger partial charge >= 0.3 is 6.18 Å². The SMILES string of the molecule is C#CCNC(=O)CN1CCCN(c2ccc(C(F)(F)F)cn2)CC1. The lowest BCUT2D eigenvalue weighted by atomic mass is 10.2. The lowest BCUT2D eigenvalue weighted by Crippen LogP contribution is -2.39. The largest absolute Gasteiger partial charge is 0.417 e. The molecular formula is C16H19F3N4O. The number of hydrogen-bond donors (Lipinski definition) is 1. The van der Waals surface area contributed by atoms with Gasteiger partial charge in [-0.25, -0.2) is 4.98 Å². The van der Waals surface area contributed by atoms with Crippen LogP contribution >= 0.6 is 0 Å². The third-order valence-electron chi connectivity index (χ3n) is 3.74. The first-order valence-electron chi connectivity index (χ1n) is 7.61. The highest BCUT2D eigenvalue weighted by molar-refractivity contribution is 5.78. The Bertz CT molecular complexity index is 595. The Labute approximate surface area is 138 Å². The topological polar surface area (TPSA) is 48.5 Å². The van der Waals surface area contributed by atoms with Crippen molar-refractivity contribution in [3.8, 4) is 12.3 Å². The predicted octanol–water partition coefficient (Wildman–Crippen LogP) is 1.36. The summed E-state index contributed by atoms with van der Waals surface area (Å²) in [4.78, 5) is 19.5. The molecule has 1 N–H and O–H groups in total. The molecule has 1 aromatic rings. The number of carbonyl (C=O) groups is 1. The number of terminal acetylenes is 1. The van der Waals surface area contributed by atoms with E-state index in [1.807, 2.05) is 9.80 Å². The zero-order valence-corrected chi connectivity index (χ0v) is 13.1. The van der Waals surface area contributed by atoms with Crippen LogP contribution in [0, 0.1) is 12.3 Å². The zero-order valence-electron chi connectivity index (χ0n) is 13.1. The average Bonchev–Trinajstić information content (AvgIpc) is 2.78. The minimum atomic E-state index is -4.38. The number of nitrogens with one attached hydrogen (secondary N) is 1. The number of pyridine rings is 1. The molecule has 0 aliphatic carbocycles. The zero-order chi connectivity index (χ0) is 17.6. The van der Waals surface area contributed by atoms with Crippen molar-refractivity contribution in [3.05, 3.63) is 23.9 Å². The van der Waals surface area contributed by atoms with E-state index in [1.165, 1.54) is 6.07 Å². The molecule has 0 bridgehead atoms. The lowest BCUT2D eigenvalue weighted by Gasteiger charge is -2.22. The monoisotopic (exact) mass is 340 g/mol. The van der Waals surface area contributed by atoms with Gasteiger partial charge in [0.2, 0.25) is 5.91 Å². The van der Waals surface area contributed by atoms with Crippen molar-refractivity contribution in [1.29, 1.82) is 0 Å². The van der Waals surface area contributed by atoms with Gasteiger partial charge in [0.15, 0.2) is 0 Å². The van der Waals surface area contributed by atoms with Crippen LogP contribution in [0.15, 0.2) is 18.3 Å². The molecule has 24 heavy (non-hydrogen) atoms. The summed E-state index contributed by atoms with van der Waals surface area (Å²) in [5, 5.41) is 2.61. The molecule has 2 rings (SSSR count). The molecular weight excluding hydrogens is 321 g/mol. The number of aromatic nitrogens is 1. The van der Waals surface area contributed by atoms with Crippen molar-refractivity contribution in [2.45, 2.75) is 12.6 Å². The average molecular weight is 340 g/mol. The molecule has 1 amide bonds. The van der Waals surface area contributed by atoms with Crippen LogP contribution < -0.4 is 10.2 Å². The van der Waals surface area contributed by atoms with Gasteiger partial charge in [0, 0.05) is 32.4 Å². The number of alkyl halides is 3. The number of halogens is 3. The summed E-state index contributed by atoms with van der Waals surface area (Å²) in [7, 11) is 0. The van der Waals surface area contributed by atoms with Crippen molar-refractivity contribution in [2.24, 2.45) is 0 Å². The number of nitrogens with zero attached hydrogens (tertiary/aromatic N) is 3. The van der Waals surface area contributed by atoms with Crippen LogP contribution in [0.2, 0.25) is 0 Å². The number of anilines is 1. The Morgan fingerprint density at radius 2 is 2.08 bits per heavy atom. The second-order valence-electron chi connectivity index (χ2n) is 5.50. The third-order valence-corrected chi connectivity index (χ3v) is 3.74. The van der Waals surface area contributed by atoms with Crippen LogP contribution in [0.1, 0.15) is 12.0 Å². The van der Waals surface area contributed by atoms with Crippen LogP contribution in [0.3, 0.4) is 0 Å². The standard InChI is InChI=1S/C16H19F3N4O/c1-2-6-20-15(24)12-22-7-3-8-23(10-9-22)14-5-4-13(11-21-14)16(17,18)19/h1,4-5,11H,3,6-10,12H2,(H,20,24). The molecule has 1 saturated heterocycles. The Morgan fingerprint density at radius 1 is 1.29 bits per heavy atom. The smallest absolute Gasteiger partial charge is 0.355 e. The van der Waals surface area contributed by atoms with Crippen molar-refractivity contribution in [3.63, 3.8) is 0 Å². The van der Waals surface area contributed by atoms with E-state index < -0.39 is 11.7 Å². The fourth-order valence-electron chi connectivity index (χ4n) is 2.51. The van der Waals surface area contributed by atoms with Crippen molar-refractivity contribution >= 4 is 11.7 Å². The fourth-order valence-corrected chi connectivity index (χ4v) is 2.51. The number of rotatable bonds is 4. The van der Waals surface area contributed by atoms with Gasteiger partial charge in [0.25, 0.3) is 0 Å². The molecule has 0 atom stereocenters. The number of hydrogen-bond acceptors (Lipinski definition) is 4. The molecule has 8 heteroatoms. The summed E-state index contributed by atoms with van der Waals surface area (Å²) in [6.45, 7) is 3.11. The lowest BCUT2D eigenvalue weighted by molar-refractivity contribution is -0.137. The van der Waals surface area contributed by atoms with E-state index in [0.717, 1.165) is 25.2 Å². The number of carbonyl (C=O) groups excluding carboxylic acids is 1. The molecule has 5 nitrogen and oxygen atoms in total. The van der Waals surface area contributed by atoms with Gasteiger partial charge in [0.1, 0.15) is 5.82 Å². The van der Waals surface area contributed by atoms with Gasteiger partial charge in [-0.05, 0) is 18.6 Å². The van der Waals surface area contributed by atoms with Gasteiger partial charge < -0.3 is 10.2 Å². The van der Waals surface area contributed by atoms with Gasteiger partial charge in [-0.3, -0.25) is 9.69 Å². The third kappa shape index (κ3) is 5.13. The maximum atomic E-state index is 12.6. The maximum Gasteiger partial charge on any atom is 0.417 e. The Morgan fingerprint density at radius 3 is 2.71 bits per heavy atom. The van der Waals surface area contributed by atoms with E-state index in [-0.39, 0.29) is 19.0 Å². The van der Waals surface area contributed by atoms with E-state index in [4.69, 9.17) is 6.42 Å². The Balaban J connectivity index is 1.91. The fraction of sp³-hybridized carbons (Fsp3) is 0.500. The minimum absolute atomic E-state index is 0.131. The summed E-state index contributed by atoms with van der Waals surface area (Å²) in [6.07, 6.45) is 2.36. The number of amides is 1. The molecule has 2 heterocycles. The van der Waals surface area contributed by atoms with Gasteiger partial charge in [-0.15, -0.1) is 6.42 Å². The molecule has 130 valence electrons. The van der Waals surface area contributed by atoms with E-state index >= 15 is 0 Å². The van der Waals surface area contributed by atoms with Crippen LogP contribution in [0.25, 0.3) is 0 Å². The molecule has 0 unspecified atom stereocenters. The van der Waals surface area contributed by atoms with Crippen molar-refractivity contribution < 1.29 is 18.0 Å². The highest BCUT2D eigenvalue weighted by atomic mass is 19.4. The minimum Gasteiger partial charge on any atom is -0.355 e. The quantitative estimate of drug-likeness (QED) is 0.841. The van der Waals surface area contributed by atoms with Gasteiger partial charge in [-0.2, -0.15) is 13.2 Å². The molecule has 1 aliphatic rings. The molecule has 1 aromatic heterocycles. The summed E-state index contributed by atoms with van der Waals surface area (Å²) in [5.41, 5.74) is -0.757. The van der Waals surface area contributed by atoms with Crippen LogP contribution in [-0.2, 0) is 11.0 Å². The summed E-state index contributed by atoms with van der Waals surface area (Å²) < 4.78 is 37.7. The highest BCUT2D eigenvalue weighted by Crippen LogP contribution is 2.29. The summed E-state index contributed by atoms with van der Waals surface area (Å²) >= 11 is 0. The van der Waals surface area contributed by atoms with E-state index in [9.17, 15) is 18.0 Å². The van der Waals surface area contributed by atoms with E-state index in [0.29, 0.717) is 25.5 Å². The maximum absolute atomic E-state index is 12.6. The van der Waals surface area contributed by atoms with E-state index in [2.05, 4.69) is 16.2 Å². The Kier molecular flexibility index (Phi) is 6.04. The molecule has 1 fully saturated rings. The summed E-state index contributed by atoms with van der Waals surface area (Å²) in [6, 6.07) is 2.43. The molecule has 0 aromatic carbocycles. The second kappa shape index (κ2) is 8.02. The normalized spacial score (nSPS) is 16.3. The van der Waals surface area contributed by atoms with Crippen molar-refractivity contribution in [1.82, 2.24) is 15.2 Å². The van der Waals surface area contributed by atoms with Crippen LogP contribution in [0.5, 0.6) is 0 Å². The first-order valence-corrected chi connectivity index (χ1v) is 7.61. The molecule has 0 radical (unpaired) electrons. The van der Waals surface area contributed by atoms with Crippen LogP contribution in [0.4, 0.5) is 19.0 Å². The molecule has 0 spiro atoms. The first kappa shape index (κ1) is 18.1. The van der Waals surface area contributed by atoms with E-state index in [1.54, 1.807) is 0 Å². The van der Waals surface area contributed by atoms with Crippen LogP contribution in [-0.4, -0.2) is 55.1 Å². The second-order valence-corrected chi connectivity index (χ2v) is 5.50.